The molecule has 3 rings (SSSR count). The van der Waals surface area contributed by atoms with E-state index in [1.165, 1.54) is 0 Å². The minimum Gasteiger partial charge on any atom is -0.394 e. The van der Waals surface area contributed by atoms with Gasteiger partial charge in [0, 0.05) is 25.2 Å². The van der Waals surface area contributed by atoms with Crippen molar-refractivity contribution in [1.29, 1.82) is 0 Å². The van der Waals surface area contributed by atoms with E-state index in [1.54, 1.807) is 9.80 Å². The molecule has 2 amide bonds. The maximum atomic E-state index is 12.3. The van der Waals surface area contributed by atoms with Crippen LogP contribution in [0.15, 0.2) is 24.3 Å². The lowest BCUT2D eigenvalue weighted by molar-refractivity contribution is -0.132. The van der Waals surface area contributed by atoms with Gasteiger partial charge in [0.1, 0.15) is 0 Å². The van der Waals surface area contributed by atoms with Crippen LogP contribution in [-0.2, 0) is 16.0 Å². The van der Waals surface area contributed by atoms with E-state index >= 15 is 0 Å². The molecule has 1 N–H and O–H groups in total. The molecule has 5 heteroatoms. The molecule has 0 aliphatic carbocycles. The maximum Gasteiger partial charge on any atom is 0.227 e. The summed E-state index contributed by atoms with van der Waals surface area (Å²) in [6.07, 6.45) is 3.74. The van der Waals surface area contributed by atoms with Crippen LogP contribution >= 0.6 is 0 Å². The molecule has 0 unspecified atom stereocenters. The lowest BCUT2D eigenvalue weighted by Crippen LogP contribution is -2.38. The van der Waals surface area contributed by atoms with Gasteiger partial charge in [-0.05, 0) is 37.0 Å². The van der Waals surface area contributed by atoms with Gasteiger partial charge in [-0.2, -0.15) is 0 Å². The molecule has 1 atom stereocenters. The van der Waals surface area contributed by atoms with Gasteiger partial charge in [0.2, 0.25) is 11.8 Å². The van der Waals surface area contributed by atoms with Crippen LogP contribution in [0, 0.1) is 0 Å². The number of benzene rings is 1. The number of aliphatic hydroxyl groups excluding tert-OH is 1. The first kappa shape index (κ1) is 15.0. The molecule has 5 nitrogen and oxygen atoms in total. The zero-order valence-corrected chi connectivity index (χ0v) is 12.7. The van der Waals surface area contributed by atoms with Gasteiger partial charge < -0.3 is 14.9 Å². The molecular formula is C17H22N2O3. The maximum absolute atomic E-state index is 12.3. The van der Waals surface area contributed by atoms with Crippen LogP contribution in [0.25, 0.3) is 0 Å². The summed E-state index contributed by atoms with van der Waals surface area (Å²) in [6.45, 7) is 1.56. The standard InChI is InChI=1S/C17H22N2O3/c20-12-15-3-1-9-19(15)17(22)11-13-5-7-14(8-6-13)18-10-2-4-16(18)21/h5-8,15,20H,1-4,9-12H2/t15-/m1/s1. The summed E-state index contributed by atoms with van der Waals surface area (Å²) in [5.74, 6) is 0.244. The summed E-state index contributed by atoms with van der Waals surface area (Å²) < 4.78 is 0. The molecule has 2 heterocycles. The van der Waals surface area contributed by atoms with Crippen LogP contribution in [0.4, 0.5) is 5.69 Å². The normalized spacial score (nSPS) is 21.7. The molecule has 0 saturated carbocycles. The summed E-state index contributed by atoms with van der Waals surface area (Å²) in [4.78, 5) is 27.6. The fraction of sp³-hybridized carbons (Fsp3) is 0.529. The predicted molar refractivity (Wildman–Crippen MR) is 83.6 cm³/mol. The van der Waals surface area contributed by atoms with E-state index in [1.807, 2.05) is 24.3 Å². The zero-order valence-electron chi connectivity index (χ0n) is 12.7. The topological polar surface area (TPSA) is 60.9 Å². The SMILES string of the molecule is O=C1CCCN1c1ccc(CC(=O)N2CCC[C@@H]2CO)cc1. The molecule has 1 aromatic rings. The summed E-state index contributed by atoms with van der Waals surface area (Å²) in [5.41, 5.74) is 1.86. The van der Waals surface area contributed by atoms with Gasteiger partial charge in [-0.3, -0.25) is 9.59 Å². The van der Waals surface area contributed by atoms with Crippen LogP contribution in [-0.4, -0.2) is 47.6 Å². The summed E-state index contributed by atoms with van der Waals surface area (Å²) in [7, 11) is 0. The van der Waals surface area contributed by atoms with E-state index in [9.17, 15) is 14.7 Å². The third-order valence-electron chi connectivity index (χ3n) is 4.59. The fourth-order valence-electron chi connectivity index (χ4n) is 3.34. The van der Waals surface area contributed by atoms with Crippen LogP contribution in [0.3, 0.4) is 0 Å². The first-order chi connectivity index (χ1) is 10.7. The van der Waals surface area contributed by atoms with E-state index in [-0.39, 0.29) is 24.5 Å². The summed E-state index contributed by atoms with van der Waals surface area (Å²) in [5, 5.41) is 9.30. The van der Waals surface area contributed by atoms with Gasteiger partial charge in [-0.15, -0.1) is 0 Å². The van der Waals surface area contributed by atoms with Gasteiger partial charge in [-0.1, -0.05) is 12.1 Å². The Morgan fingerprint density at radius 1 is 1.18 bits per heavy atom. The Balaban J connectivity index is 1.63. The highest BCUT2D eigenvalue weighted by atomic mass is 16.3. The van der Waals surface area contributed by atoms with Crippen LogP contribution in [0.5, 0.6) is 0 Å². The third kappa shape index (κ3) is 2.99. The van der Waals surface area contributed by atoms with Crippen molar-refractivity contribution in [2.75, 3.05) is 24.6 Å². The molecule has 0 bridgehead atoms. The zero-order chi connectivity index (χ0) is 15.5. The van der Waals surface area contributed by atoms with E-state index in [0.717, 1.165) is 43.6 Å². The number of hydrogen-bond acceptors (Lipinski definition) is 3. The number of amides is 2. The number of likely N-dealkylation sites (tertiary alicyclic amines) is 1. The number of carbonyl (C=O) groups excluding carboxylic acids is 2. The monoisotopic (exact) mass is 302 g/mol. The number of anilines is 1. The molecule has 118 valence electrons. The molecule has 2 fully saturated rings. The second-order valence-electron chi connectivity index (χ2n) is 6.06. The Morgan fingerprint density at radius 3 is 2.59 bits per heavy atom. The number of nitrogens with zero attached hydrogens (tertiary/aromatic N) is 2. The second kappa shape index (κ2) is 6.48. The lowest BCUT2D eigenvalue weighted by Gasteiger charge is -2.23. The molecular weight excluding hydrogens is 280 g/mol. The highest BCUT2D eigenvalue weighted by Gasteiger charge is 2.28. The van der Waals surface area contributed by atoms with Crippen LogP contribution in [0.1, 0.15) is 31.2 Å². The van der Waals surface area contributed by atoms with Gasteiger partial charge in [0.15, 0.2) is 0 Å². The molecule has 22 heavy (non-hydrogen) atoms. The Labute approximate surface area is 130 Å². The quantitative estimate of drug-likeness (QED) is 0.913. The first-order valence-corrected chi connectivity index (χ1v) is 7.98. The average Bonchev–Trinajstić information content (AvgIpc) is 3.16. The number of aliphatic hydroxyl groups is 1. The molecule has 0 spiro atoms. The summed E-state index contributed by atoms with van der Waals surface area (Å²) in [6, 6.07) is 7.65. The molecule has 2 aliphatic heterocycles. The average molecular weight is 302 g/mol. The van der Waals surface area contributed by atoms with Crippen LogP contribution < -0.4 is 4.90 Å². The molecule has 2 saturated heterocycles. The molecule has 1 aromatic carbocycles. The summed E-state index contributed by atoms with van der Waals surface area (Å²) >= 11 is 0. The van der Waals surface area contributed by atoms with E-state index in [0.29, 0.717) is 12.8 Å². The van der Waals surface area contributed by atoms with Crippen molar-refractivity contribution >= 4 is 17.5 Å². The van der Waals surface area contributed by atoms with E-state index in [4.69, 9.17) is 0 Å². The highest BCUT2D eigenvalue weighted by molar-refractivity contribution is 5.95. The van der Waals surface area contributed by atoms with Crippen molar-refractivity contribution in [3.05, 3.63) is 29.8 Å². The number of rotatable bonds is 4. The Bertz CT molecular complexity index is 556. The van der Waals surface area contributed by atoms with Crippen molar-refractivity contribution in [3.63, 3.8) is 0 Å². The Morgan fingerprint density at radius 2 is 1.95 bits per heavy atom. The minimum atomic E-state index is -0.0194. The molecule has 2 aliphatic rings. The second-order valence-corrected chi connectivity index (χ2v) is 6.06. The van der Waals surface area contributed by atoms with Crippen molar-refractivity contribution in [2.45, 2.75) is 38.1 Å². The third-order valence-corrected chi connectivity index (χ3v) is 4.59. The molecule has 0 aromatic heterocycles. The van der Waals surface area contributed by atoms with Crippen molar-refractivity contribution in [1.82, 2.24) is 4.90 Å². The van der Waals surface area contributed by atoms with Gasteiger partial charge in [0.05, 0.1) is 19.1 Å². The van der Waals surface area contributed by atoms with E-state index < -0.39 is 0 Å². The number of carbonyl (C=O) groups is 2. The minimum absolute atomic E-state index is 0.0194. The van der Waals surface area contributed by atoms with Gasteiger partial charge in [-0.25, -0.2) is 0 Å². The number of hydrogen-bond donors (Lipinski definition) is 1. The largest absolute Gasteiger partial charge is 0.394 e. The van der Waals surface area contributed by atoms with Crippen LogP contribution in [0.2, 0.25) is 0 Å². The Kier molecular flexibility index (Phi) is 4.43. The Hall–Kier alpha value is -1.88. The lowest BCUT2D eigenvalue weighted by atomic mass is 10.1. The van der Waals surface area contributed by atoms with Crippen molar-refractivity contribution in [2.24, 2.45) is 0 Å². The van der Waals surface area contributed by atoms with Crippen molar-refractivity contribution < 1.29 is 14.7 Å². The van der Waals surface area contributed by atoms with Gasteiger partial charge >= 0.3 is 0 Å². The molecule has 0 radical (unpaired) electrons. The van der Waals surface area contributed by atoms with Crippen molar-refractivity contribution in [3.8, 4) is 0 Å². The first-order valence-electron chi connectivity index (χ1n) is 7.98. The smallest absolute Gasteiger partial charge is 0.227 e. The van der Waals surface area contributed by atoms with E-state index in [2.05, 4.69) is 0 Å². The fourth-order valence-corrected chi connectivity index (χ4v) is 3.34. The highest BCUT2D eigenvalue weighted by Crippen LogP contribution is 2.23. The van der Waals surface area contributed by atoms with Gasteiger partial charge in [0.25, 0.3) is 0 Å². The predicted octanol–water partition coefficient (Wildman–Crippen LogP) is 1.34.